The van der Waals surface area contributed by atoms with Crippen LogP contribution in [0, 0.1) is 6.92 Å². The number of nitrogens with one attached hydrogen (secondary N) is 1. The van der Waals surface area contributed by atoms with E-state index in [1.165, 1.54) is 4.31 Å². The average Bonchev–Trinajstić information content (AvgIpc) is 3.73. The van der Waals surface area contributed by atoms with Crippen molar-refractivity contribution in [3.8, 4) is 11.3 Å². The highest BCUT2D eigenvalue weighted by Gasteiger charge is 2.37. The average molecular weight is 599 g/mol. The fourth-order valence-electron chi connectivity index (χ4n) is 5.80. The first-order valence-electron chi connectivity index (χ1n) is 14.3. The van der Waals surface area contributed by atoms with Gasteiger partial charge in [0, 0.05) is 45.1 Å². The van der Waals surface area contributed by atoms with Gasteiger partial charge in [-0.3, -0.25) is 4.79 Å². The van der Waals surface area contributed by atoms with Crippen LogP contribution >= 0.6 is 0 Å². The van der Waals surface area contributed by atoms with E-state index in [9.17, 15) is 23.1 Å². The molecule has 0 atom stereocenters. The lowest BCUT2D eigenvalue weighted by Crippen LogP contribution is -2.46. The van der Waals surface area contributed by atoms with Crippen LogP contribution in [0.25, 0.3) is 22.4 Å². The lowest BCUT2D eigenvalue weighted by molar-refractivity contribution is -0.0593. The summed E-state index contributed by atoms with van der Waals surface area (Å²) in [5.41, 5.74) is 3.24. The quantitative estimate of drug-likeness (QED) is 0.217. The van der Waals surface area contributed by atoms with E-state index in [2.05, 4.69) is 10.2 Å². The van der Waals surface area contributed by atoms with E-state index in [0.717, 1.165) is 29.5 Å². The van der Waals surface area contributed by atoms with Gasteiger partial charge in [-0.25, -0.2) is 18.2 Å². The van der Waals surface area contributed by atoms with E-state index >= 15 is 0 Å². The van der Waals surface area contributed by atoms with Crippen molar-refractivity contribution in [2.24, 2.45) is 0 Å². The summed E-state index contributed by atoms with van der Waals surface area (Å²) >= 11 is 0. The Bertz CT molecular complexity index is 1530. The van der Waals surface area contributed by atoms with Crippen molar-refractivity contribution in [2.75, 3.05) is 33.7 Å². The third-order valence-corrected chi connectivity index (χ3v) is 9.20. The topological polar surface area (TPSA) is 142 Å². The summed E-state index contributed by atoms with van der Waals surface area (Å²) in [6, 6.07) is 9.63. The monoisotopic (exact) mass is 598 g/mol. The van der Waals surface area contributed by atoms with Gasteiger partial charge in [0.2, 0.25) is 16.6 Å². The molecule has 1 saturated carbocycles. The number of hydrogen-bond acceptors (Lipinski definition) is 8. The van der Waals surface area contributed by atoms with Gasteiger partial charge in [-0.05, 0) is 57.2 Å². The molecule has 0 bridgehead atoms. The number of pyridine rings is 1. The van der Waals surface area contributed by atoms with Gasteiger partial charge in [0.1, 0.15) is 11.4 Å². The third kappa shape index (κ3) is 6.61. The number of rotatable bonds is 11. The van der Waals surface area contributed by atoms with E-state index in [0.29, 0.717) is 61.2 Å². The molecule has 1 saturated heterocycles. The number of carboxylic acid groups (broad SMARTS) is 1. The Morgan fingerprint density at radius 3 is 2.50 bits per heavy atom. The van der Waals surface area contributed by atoms with Crippen LogP contribution in [0.3, 0.4) is 0 Å². The molecule has 3 aromatic rings. The third-order valence-electron chi connectivity index (χ3n) is 8.39. The number of aromatic nitrogens is 1. The molecule has 1 amide bonds. The zero-order chi connectivity index (χ0) is 30.0. The molecule has 1 aliphatic heterocycles. The van der Waals surface area contributed by atoms with Gasteiger partial charge in [-0.1, -0.05) is 29.8 Å². The first-order valence-corrected chi connectivity index (χ1v) is 15.5. The second kappa shape index (κ2) is 12.4. The van der Waals surface area contributed by atoms with Crippen LogP contribution in [0.5, 0.6) is 0 Å². The van der Waals surface area contributed by atoms with E-state index < -0.39 is 22.6 Å². The first-order chi connectivity index (χ1) is 20.1. The number of thiol groups is 1. The van der Waals surface area contributed by atoms with Crippen LogP contribution in [0.1, 0.15) is 71.6 Å². The molecule has 0 unspecified atom stereocenters. The molecule has 2 N–H and O–H groups in total. The summed E-state index contributed by atoms with van der Waals surface area (Å²) in [6.07, 6.45) is 2.63. The minimum atomic E-state index is -2.93. The van der Waals surface area contributed by atoms with Crippen molar-refractivity contribution in [1.82, 2.24) is 19.5 Å². The Kier molecular flexibility index (Phi) is 8.86. The van der Waals surface area contributed by atoms with Crippen molar-refractivity contribution in [2.45, 2.75) is 63.5 Å². The highest BCUT2D eigenvalue weighted by Crippen LogP contribution is 2.44. The van der Waals surface area contributed by atoms with Gasteiger partial charge in [-0.15, -0.1) is 0 Å². The summed E-state index contributed by atoms with van der Waals surface area (Å²) < 4.78 is 37.6. The minimum Gasteiger partial charge on any atom is -0.450 e. The maximum Gasteiger partial charge on any atom is 0.506 e. The van der Waals surface area contributed by atoms with Crippen LogP contribution in [0.15, 0.2) is 34.7 Å². The Morgan fingerprint density at radius 1 is 1.21 bits per heavy atom. The number of nitrogens with zero attached hydrogens (tertiary/aromatic N) is 3. The van der Waals surface area contributed by atoms with Gasteiger partial charge in [0.25, 0.3) is 5.91 Å². The molecule has 1 aromatic carbocycles. The Morgan fingerprint density at radius 2 is 1.90 bits per heavy atom. The summed E-state index contributed by atoms with van der Waals surface area (Å²) in [6.45, 7) is 3.68. The molecule has 12 heteroatoms. The number of hydrogen-bond donors (Lipinski definition) is 3. The first kappa shape index (κ1) is 30.0. The maximum atomic E-state index is 13.0. The molecular weight excluding hydrogens is 560 g/mol. The van der Waals surface area contributed by atoms with Crippen LogP contribution in [0.4, 0.5) is 4.79 Å². The van der Waals surface area contributed by atoms with Gasteiger partial charge in [0.05, 0.1) is 23.2 Å². The number of piperidine rings is 1. The Labute approximate surface area is 246 Å². The molecule has 11 nitrogen and oxygen atoms in total. The Hall–Kier alpha value is -3.48. The molecule has 2 aliphatic rings. The van der Waals surface area contributed by atoms with E-state index in [-0.39, 0.29) is 30.6 Å². The van der Waals surface area contributed by atoms with Crippen molar-refractivity contribution in [3.05, 3.63) is 52.7 Å². The van der Waals surface area contributed by atoms with Crippen LogP contribution in [0.2, 0.25) is 0 Å². The normalized spacial score (nSPS) is 17.2. The molecule has 5 rings (SSSR count). The molecule has 2 aromatic heterocycles. The minimum absolute atomic E-state index is 0.0614. The SMILES string of the molecule is CNC(=O)c1c(-c2ccc(C)cc2)oc2nc(CN(CCCC3(OC(=O)O)CCN(C)CC3)[SH](=O)=O)c(C3CC3)cc12. The second-order valence-corrected chi connectivity index (χ2v) is 12.5. The van der Waals surface area contributed by atoms with Crippen molar-refractivity contribution in [3.63, 3.8) is 0 Å². The molecule has 2 fully saturated rings. The number of benzene rings is 1. The fraction of sp³-hybridized carbons (Fsp3) is 0.500. The molecule has 42 heavy (non-hydrogen) atoms. The van der Waals surface area contributed by atoms with Crippen LogP contribution in [-0.2, 0) is 22.2 Å². The zero-order valence-corrected chi connectivity index (χ0v) is 25.1. The summed E-state index contributed by atoms with van der Waals surface area (Å²) in [5, 5.41) is 12.6. The van der Waals surface area contributed by atoms with Crippen LogP contribution in [-0.4, -0.2) is 79.1 Å². The molecule has 3 heterocycles. The van der Waals surface area contributed by atoms with E-state index in [1.807, 2.05) is 44.3 Å². The van der Waals surface area contributed by atoms with Gasteiger partial charge >= 0.3 is 6.16 Å². The zero-order valence-electron chi connectivity index (χ0n) is 24.2. The molecule has 0 spiro atoms. The predicted molar refractivity (Wildman–Crippen MR) is 158 cm³/mol. The number of amides is 1. The summed E-state index contributed by atoms with van der Waals surface area (Å²) in [4.78, 5) is 31.4. The number of furan rings is 1. The van der Waals surface area contributed by atoms with Gasteiger partial charge in [0.15, 0.2) is 0 Å². The number of ether oxygens (including phenoxy) is 1. The number of carbonyl (C=O) groups is 2. The number of aryl methyl sites for hydroxylation is 1. The van der Waals surface area contributed by atoms with E-state index in [1.54, 1.807) is 7.05 Å². The number of fused-ring (bicyclic) bond motifs is 1. The van der Waals surface area contributed by atoms with Gasteiger partial charge in [-0.2, -0.15) is 4.31 Å². The molecule has 1 aliphatic carbocycles. The summed E-state index contributed by atoms with van der Waals surface area (Å²) in [5.74, 6) is 0.380. The lowest BCUT2D eigenvalue weighted by atomic mass is 9.87. The smallest absolute Gasteiger partial charge is 0.450 e. The van der Waals surface area contributed by atoms with Crippen molar-refractivity contribution in [1.29, 1.82) is 0 Å². The number of likely N-dealkylation sites (tertiary alicyclic amines) is 1. The van der Waals surface area contributed by atoms with Gasteiger partial charge < -0.3 is 24.5 Å². The second-order valence-electron chi connectivity index (χ2n) is 11.5. The van der Waals surface area contributed by atoms with E-state index in [4.69, 9.17) is 14.1 Å². The maximum absolute atomic E-state index is 13.0. The molecular formula is C30H38N4O7S. The molecule has 226 valence electrons. The molecule has 0 radical (unpaired) electrons. The summed E-state index contributed by atoms with van der Waals surface area (Å²) in [7, 11) is 0.624. The highest BCUT2D eigenvalue weighted by atomic mass is 32.2. The predicted octanol–water partition coefficient (Wildman–Crippen LogP) is 4.31. The Balaban J connectivity index is 1.43. The van der Waals surface area contributed by atoms with Crippen molar-refractivity contribution < 1.29 is 32.3 Å². The lowest BCUT2D eigenvalue weighted by Gasteiger charge is -2.39. The fourth-order valence-corrected chi connectivity index (χ4v) is 6.35. The largest absolute Gasteiger partial charge is 0.506 e. The van der Waals surface area contributed by atoms with Crippen molar-refractivity contribution >= 4 is 34.1 Å². The highest BCUT2D eigenvalue weighted by molar-refractivity contribution is 7.69. The van der Waals surface area contributed by atoms with Crippen LogP contribution < -0.4 is 5.32 Å². The number of carbonyl (C=O) groups excluding carboxylic acids is 1. The standard InChI is InChI=1S/C30H38N4O7S/c1-19-5-7-21(8-6-19)26-25(27(35)31-2)23-17-22(20-9-10-20)24(32-28(23)40-26)18-34(42(38)39)14-4-11-30(41-29(36)37)12-15-33(3)16-13-30/h5-8,17,20,42H,4,9-16,18H2,1-3H3,(H,31,35)(H,36,37).